The summed E-state index contributed by atoms with van der Waals surface area (Å²) < 4.78 is 1.11. The summed E-state index contributed by atoms with van der Waals surface area (Å²) in [6.45, 7) is 2.81. The van der Waals surface area contributed by atoms with Gasteiger partial charge in [0, 0.05) is 49.3 Å². The minimum atomic E-state index is 0. The van der Waals surface area contributed by atoms with Gasteiger partial charge in [0.05, 0.1) is 11.0 Å². The van der Waals surface area contributed by atoms with Crippen molar-refractivity contribution in [1.82, 2.24) is 20.6 Å². The van der Waals surface area contributed by atoms with Gasteiger partial charge in [-0.15, -0.1) is 24.0 Å². The van der Waals surface area contributed by atoms with Gasteiger partial charge >= 0.3 is 0 Å². The highest BCUT2D eigenvalue weighted by molar-refractivity contribution is 14.0. The number of hydrogen-bond donors (Lipinski definition) is 3. The van der Waals surface area contributed by atoms with E-state index < -0.39 is 0 Å². The Morgan fingerprint density at radius 3 is 2.79 bits per heavy atom. The van der Waals surface area contributed by atoms with Gasteiger partial charge in [0.1, 0.15) is 5.82 Å². The molecule has 1 atom stereocenters. The number of imidazole rings is 1. The molecule has 154 valence electrons. The molecule has 1 aromatic heterocycles. The first-order valence-corrected chi connectivity index (χ1v) is 10.4. The third-order valence-corrected chi connectivity index (χ3v) is 5.57. The quantitative estimate of drug-likeness (QED) is 0.248. The Bertz CT molecular complexity index is 922. The van der Waals surface area contributed by atoms with Crippen LogP contribution in [0.3, 0.4) is 0 Å². The molecule has 0 spiro atoms. The highest BCUT2D eigenvalue weighted by Gasteiger charge is 2.23. The van der Waals surface area contributed by atoms with Crippen molar-refractivity contribution in [3.8, 4) is 0 Å². The molecule has 2 aromatic carbocycles. The van der Waals surface area contributed by atoms with Gasteiger partial charge in [0.2, 0.25) is 0 Å². The highest BCUT2D eigenvalue weighted by atomic mass is 127. The molecule has 1 aliphatic heterocycles. The van der Waals surface area contributed by atoms with Gasteiger partial charge in [-0.05, 0) is 42.8 Å². The third-order valence-electron chi connectivity index (χ3n) is 5.04. The zero-order chi connectivity index (χ0) is 19.3. The van der Waals surface area contributed by atoms with Crippen molar-refractivity contribution in [2.24, 2.45) is 4.99 Å². The Kier molecular flexibility index (Phi) is 7.77. The number of hydrogen-bond acceptors (Lipinski definition) is 3. The average Bonchev–Trinajstić information content (AvgIpc) is 3.34. The number of nitrogens with one attached hydrogen (secondary N) is 3. The third kappa shape index (κ3) is 5.63. The maximum atomic E-state index is 4.62. The molecule has 29 heavy (non-hydrogen) atoms. The largest absolute Gasteiger partial charge is 0.369 e. The number of fused-ring (bicyclic) bond motifs is 1. The van der Waals surface area contributed by atoms with Crippen molar-refractivity contribution in [2.45, 2.75) is 18.9 Å². The molecule has 4 rings (SSSR count). The Labute approximate surface area is 196 Å². The van der Waals surface area contributed by atoms with Crippen LogP contribution in [0.2, 0.25) is 0 Å². The summed E-state index contributed by atoms with van der Waals surface area (Å²) >= 11 is 3.50. The molecule has 2 heterocycles. The lowest BCUT2D eigenvalue weighted by molar-refractivity contribution is 0.647. The lowest BCUT2D eigenvalue weighted by Crippen LogP contribution is -2.45. The number of nitrogens with zero attached hydrogens (tertiary/aromatic N) is 3. The summed E-state index contributed by atoms with van der Waals surface area (Å²) in [5, 5.41) is 6.95. The average molecular weight is 569 g/mol. The normalized spacial score (nSPS) is 16.7. The van der Waals surface area contributed by atoms with Crippen LogP contribution in [0, 0.1) is 0 Å². The van der Waals surface area contributed by atoms with Crippen LogP contribution in [0.15, 0.2) is 58.0 Å². The monoisotopic (exact) mass is 568 g/mol. The Morgan fingerprint density at radius 2 is 2.03 bits per heavy atom. The summed E-state index contributed by atoms with van der Waals surface area (Å²) in [5.41, 5.74) is 3.36. The molecule has 3 N–H and O–H groups in total. The number of guanidine groups is 1. The van der Waals surface area contributed by atoms with Crippen LogP contribution in [-0.2, 0) is 6.42 Å². The summed E-state index contributed by atoms with van der Waals surface area (Å²) in [6.07, 6.45) is 1.92. The summed E-state index contributed by atoms with van der Waals surface area (Å²) in [4.78, 5) is 14.8. The molecule has 0 saturated carbocycles. The summed E-state index contributed by atoms with van der Waals surface area (Å²) in [5.74, 6) is 1.84. The fourth-order valence-corrected chi connectivity index (χ4v) is 3.84. The van der Waals surface area contributed by atoms with Crippen LogP contribution in [0.1, 0.15) is 12.2 Å². The zero-order valence-electron chi connectivity index (χ0n) is 16.4. The number of rotatable bonds is 5. The van der Waals surface area contributed by atoms with E-state index in [1.165, 1.54) is 5.69 Å². The van der Waals surface area contributed by atoms with Crippen molar-refractivity contribution in [3.05, 3.63) is 58.8 Å². The van der Waals surface area contributed by atoms with Gasteiger partial charge in [-0.25, -0.2) is 4.98 Å². The molecular formula is C21H26BrIN6. The Balaban J connectivity index is 0.00000240. The van der Waals surface area contributed by atoms with E-state index >= 15 is 0 Å². The van der Waals surface area contributed by atoms with Gasteiger partial charge in [0.25, 0.3) is 0 Å². The molecule has 1 fully saturated rings. The minimum absolute atomic E-state index is 0. The van der Waals surface area contributed by atoms with Gasteiger partial charge in [0.15, 0.2) is 5.96 Å². The number of benzene rings is 2. The first-order chi connectivity index (χ1) is 13.7. The number of para-hydroxylation sites is 2. The van der Waals surface area contributed by atoms with Crippen LogP contribution in [0.4, 0.5) is 5.69 Å². The topological polar surface area (TPSA) is 68.3 Å². The molecule has 3 aromatic rings. The fraction of sp³-hybridized carbons (Fsp3) is 0.333. The highest BCUT2D eigenvalue weighted by Crippen LogP contribution is 2.22. The number of aromatic nitrogens is 2. The van der Waals surface area contributed by atoms with Crippen LogP contribution < -0.4 is 15.5 Å². The Morgan fingerprint density at radius 1 is 1.24 bits per heavy atom. The molecule has 1 saturated heterocycles. The Hall–Kier alpha value is -1.81. The van der Waals surface area contributed by atoms with E-state index in [1.54, 1.807) is 0 Å². The molecule has 1 aliphatic rings. The second kappa shape index (κ2) is 10.3. The van der Waals surface area contributed by atoms with Crippen molar-refractivity contribution >= 4 is 62.6 Å². The van der Waals surface area contributed by atoms with Crippen molar-refractivity contribution in [2.75, 3.05) is 31.6 Å². The smallest absolute Gasteiger partial charge is 0.191 e. The van der Waals surface area contributed by atoms with E-state index in [-0.39, 0.29) is 24.0 Å². The predicted molar refractivity (Wildman–Crippen MR) is 134 cm³/mol. The molecule has 1 unspecified atom stereocenters. The van der Waals surface area contributed by atoms with Crippen LogP contribution in [0.25, 0.3) is 11.0 Å². The number of halogens is 2. The SMILES string of the molecule is CN=C(NCCc1nc2ccccc2[nH]1)NC1CCN(c2ccc(Br)cc2)C1.I. The van der Waals surface area contributed by atoms with Crippen LogP contribution in [-0.4, -0.2) is 48.7 Å². The molecular weight excluding hydrogens is 543 g/mol. The molecule has 0 amide bonds. The number of H-pyrrole nitrogens is 1. The second-order valence-electron chi connectivity index (χ2n) is 7.00. The van der Waals surface area contributed by atoms with E-state index in [2.05, 4.69) is 76.8 Å². The molecule has 0 aliphatic carbocycles. The minimum Gasteiger partial charge on any atom is -0.369 e. The maximum Gasteiger partial charge on any atom is 0.191 e. The van der Waals surface area contributed by atoms with Crippen molar-refractivity contribution in [3.63, 3.8) is 0 Å². The molecule has 0 radical (unpaired) electrons. The summed E-state index contributed by atoms with van der Waals surface area (Å²) in [6, 6.07) is 17.0. The fourth-order valence-electron chi connectivity index (χ4n) is 3.58. The van der Waals surface area contributed by atoms with E-state index in [4.69, 9.17) is 0 Å². The van der Waals surface area contributed by atoms with E-state index in [9.17, 15) is 0 Å². The lowest BCUT2D eigenvalue weighted by atomic mass is 10.2. The van der Waals surface area contributed by atoms with Gasteiger partial charge in [-0.3, -0.25) is 4.99 Å². The lowest BCUT2D eigenvalue weighted by Gasteiger charge is -2.20. The van der Waals surface area contributed by atoms with E-state index in [0.717, 1.165) is 59.8 Å². The van der Waals surface area contributed by atoms with Crippen molar-refractivity contribution in [1.29, 1.82) is 0 Å². The van der Waals surface area contributed by atoms with Gasteiger partial charge in [-0.2, -0.15) is 0 Å². The molecule has 6 nitrogen and oxygen atoms in total. The zero-order valence-corrected chi connectivity index (χ0v) is 20.3. The first kappa shape index (κ1) is 21.9. The first-order valence-electron chi connectivity index (χ1n) is 9.62. The second-order valence-corrected chi connectivity index (χ2v) is 7.92. The number of aliphatic imine (C=N–C) groups is 1. The van der Waals surface area contributed by atoms with Gasteiger partial charge in [-0.1, -0.05) is 28.1 Å². The van der Waals surface area contributed by atoms with Gasteiger partial charge < -0.3 is 20.5 Å². The van der Waals surface area contributed by atoms with Crippen LogP contribution in [0.5, 0.6) is 0 Å². The summed E-state index contributed by atoms with van der Waals surface area (Å²) in [7, 11) is 1.82. The van der Waals surface area contributed by atoms with Crippen LogP contribution >= 0.6 is 39.9 Å². The predicted octanol–water partition coefficient (Wildman–Crippen LogP) is 3.93. The molecule has 8 heteroatoms. The van der Waals surface area contributed by atoms with Crippen molar-refractivity contribution < 1.29 is 0 Å². The number of aromatic amines is 1. The van der Waals surface area contributed by atoms with E-state index in [1.807, 2.05) is 25.2 Å². The number of anilines is 1. The maximum absolute atomic E-state index is 4.62. The standard InChI is InChI=1S/C21H25BrN6.HI/c1-23-21(24-12-10-20-26-18-4-2-3-5-19(18)27-20)25-16-11-13-28(14-16)17-8-6-15(22)7-9-17;/h2-9,16H,10-14H2,1H3,(H,26,27)(H2,23,24,25);1H. The van der Waals surface area contributed by atoms with E-state index in [0.29, 0.717) is 6.04 Å². The molecule has 0 bridgehead atoms.